The highest BCUT2D eigenvalue weighted by Gasteiger charge is 2.21. The highest BCUT2D eigenvalue weighted by molar-refractivity contribution is 7.89. The molecule has 0 saturated heterocycles. The number of benzene rings is 2. The number of ether oxygens (including phenoxy) is 1. The van der Waals surface area contributed by atoms with Crippen LogP contribution in [0.25, 0.3) is 0 Å². The van der Waals surface area contributed by atoms with Crippen molar-refractivity contribution >= 4 is 27.3 Å². The van der Waals surface area contributed by atoms with Crippen LogP contribution in [0, 0.1) is 10.1 Å². The molecular weight excluding hydrogens is 386 g/mol. The molecule has 0 aliphatic carbocycles. The first kappa shape index (κ1) is 21.3. The minimum absolute atomic E-state index is 0.0152. The molecule has 2 rings (SSSR count). The van der Waals surface area contributed by atoms with E-state index >= 15 is 0 Å². The van der Waals surface area contributed by atoms with Crippen molar-refractivity contribution in [1.82, 2.24) is 4.72 Å². The third-order valence-electron chi connectivity index (χ3n) is 3.71. The van der Waals surface area contributed by atoms with E-state index in [2.05, 4.69) is 10.0 Å². The molecule has 1 atom stereocenters. The van der Waals surface area contributed by atoms with Crippen molar-refractivity contribution in [2.45, 2.75) is 31.3 Å². The van der Waals surface area contributed by atoms with E-state index in [0.29, 0.717) is 18.7 Å². The maximum Gasteiger partial charge on any atom is 0.310 e. The summed E-state index contributed by atoms with van der Waals surface area (Å²) in [6.45, 7) is 3.65. The van der Waals surface area contributed by atoms with Crippen molar-refractivity contribution in [3.63, 3.8) is 0 Å². The lowest BCUT2D eigenvalue weighted by Gasteiger charge is -2.15. The van der Waals surface area contributed by atoms with Gasteiger partial charge in [-0.15, -0.1) is 0 Å². The lowest BCUT2D eigenvalue weighted by atomic mass is 10.2. The molecule has 0 fully saturated rings. The summed E-state index contributed by atoms with van der Waals surface area (Å²) in [6, 6.07) is 11.4. The quantitative estimate of drug-likeness (QED) is 0.486. The van der Waals surface area contributed by atoms with Crippen molar-refractivity contribution < 1.29 is 22.9 Å². The van der Waals surface area contributed by atoms with Crippen molar-refractivity contribution in [3.05, 3.63) is 58.6 Å². The number of hydrogen-bond acceptors (Lipinski definition) is 6. The van der Waals surface area contributed by atoms with E-state index in [0.717, 1.165) is 0 Å². The predicted octanol–water partition coefficient (Wildman–Crippen LogP) is 2.69. The highest BCUT2D eigenvalue weighted by atomic mass is 32.2. The van der Waals surface area contributed by atoms with Crippen LogP contribution in [0.5, 0.6) is 5.75 Å². The van der Waals surface area contributed by atoms with Crippen LogP contribution in [-0.2, 0) is 14.8 Å². The summed E-state index contributed by atoms with van der Waals surface area (Å²) in [7, 11) is -3.59. The highest BCUT2D eigenvalue weighted by Crippen LogP contribution is 2.27. The minimum Gasteiger partial charge on any atom is -0.474 e. The summed E-state index contributed by atoms with van der Waals surface area (Å²) in [6.07, 6.45) is -0.332. The lowest BCUT2D eigenvalue weighted by molar-refractivity contribution is -0.386. The molecule has 28 heavy (non-hydrogen) atoms. The average molecular weight is 407 g/mol. The molecule has 9 nitrogen and oxygen atoms in total. The Hall–Kier alpha value is -2.98. The number of hydrogen-bond donors (Lipinski definition) is 2. The molecule has 0 bridgehead atoms. The summed E-state index contributed by atoms with van der Waals surface area (Å²) in [5, 5.41) is 13.6. The Balaban J connectivity index is 2.04. The molecular formula is C18H21N3O6S. The van der Waals surface area contributed by atoms with Gasteiger partial charge in [-0.1, -0.05) is 19.1 Å². The first-order chi connectivity index (χ1) is 13.2. The van der Waals surface area contributed by atoms with Gasteiger partial charge in [-0.25, -0.2) is 13.1 Å². The maximum atomic E-state index is 12.3. The number of nitrogens with zero attached hydrogens (tertiary/aromatic N) is 1. The summed E-state index contributed by atoms with van der Waals surface area (Å²) in [5.74, 6) is -0.545. The van der Waals surface area contributed by atoms with Crippen LogP contribution >= 0.6 is 0 Å². The Labute approximate surface area is 162 Å². The molecule has 1 amide bonds. The van der Waals surface area contributed by atoms with Crippen LogP contribution in [0.3, 0.4) is 0 Å². The Morgan fingerprint density at radius 3 is 2.43 bits per heavy atom. The molecule has 1 unspecified atom stereocenters. The van der Waals surface area contributed by atoms with Gasteiger partial charge in [0.1, 0.15) is 0 Å². The fourth-order valence-corrected chi connectivity index (χ4v) is 3.37. The Bertz CT molecular complexity index is 944. The largest absolute Gasteiger partial charge is 0.474 e. The van der Waals surface area contributed by atoms with Crippen molar-refractivity contribution in [1.29, 1.82) is 0 Å². The number of carbonyl (C=O) groups excluding carboxylic acids is 1. The van der Waals surface area contributed by atoms with Gasteiger partial charge in [0.15, 0.2) is 11.9 Å². The maximum absolute atomic E-state index is 12.3. The van der Waals surface area contributed by atoms with Gasteiger partial charge in [0.25, 0.3) is 5.91 Å². The van der Waals surface area contributed by atoms with Crippen LogP contribution in [0.2, 0.25) is 0 Å². The van der Waals surface area contributed by atoms with Crippen LogP contribution in [-0.4, -0.2) is 31.9 Å². The standard InChI is InChI=1S/C18H21N3O6S/c1-3-12-19-28(25,26)15-10-8-14(9-11-15)20-18(22)13(2)27-17-7-5-4-6-16(17)21(23)24/h4-11,13,19H,3,12H2,1-2H3,(H,20,22). The minimum atomic E-state index is -3.59. The van der Waals surface area contributed by atoms with Gasteiger partial charge < -0.3 is 10.1 Å². The molecule has 2 N–H and O–H groups in total. The molecule has 0 aliphatic heterocycles. The van der Waals surface area contributed by atoms with Crippen molar-refractivity contribution in [2.75, 3.05) is 11.9 Å². The molecule has 0 saturated carbocycles. The first-order valence-corrected chi connectivity index (χ1v) is 10.0. The monoisotopic (exact) mass is 407 g/mol. The molecule has 0 aliphatic rings. The predicted molar refractivity (Wildman–Crippen MR) is 104 cm³/mol. The van der Waals surface area contributed by atoms with Crippen molar-refractivity contribution in [3.8, 4) is 5.75 Å². The van der Waals surface area contributed by atoms with E-state index in [-0.39, 0.29) is 16.3 Å². The zero-order chi connectivity index (χ0) is 20.7. The second-order valence-electron chi connectivity index (χ2n) is 5.90. The van der Waals surface area contributed by atoms with E-state index in [4.69, 9.17) is 4.74 Å². The summed E-state index contributed by atoms with van der Waals surface area (Å²) >= 11 is 0. The van der Waals surface area contributed by atoms with Gasteiger partial charge in [0, 0.05) is 18.3 Å². The number of rotatable bonds is 9. The van der Waals surface area contributed by atoms with Gasteiger partial charge in [0.05, 0.1) is 9.82 Å². The van der Waals surface area contributed by atoms with E-state index in [1.54, 1.807) is 6.07 Å². The van der Waals surface area contributed by atoms with E-state index < -0.39 is 27.0 Å². The fraction of sp³-hybridized carbons (Fsp3) is 0.278. The summed E-state index contributed by atoms with van der Waals surface area (Å²) in [4.78, 5) is 22.8. The fourth-order valence-electron chi connectivity index (χ4n) is 2.23. The van der Waals surface area contributed by atoms with Crippen LogP contribution in [0.1, 0.15) is 20.3 Å². The van der Waals surface area contributed by atoms with Crippen molar-refractivity contribution in [2.24, 2.45) is 0 Å². The number of para-hydroxylation sites is 2. The average Bonchev–Trinajstić information content (AvgIpc) is 2.67. The normalized spacial score (nSPS) is 12.2. The van der Waals surface area contributed by atoms with Crippen LogP contribution < -0.4 is 14.8 Å². The van der Waals surface area contributed by atoms with Gasteiger partial charge in [-0.05, 0) is 43.7 Å². The molecule has 0 heterocycles. The molecule has 10 heteroatoms. The lowest BCUT2D eigenvalue weighted by Crippen LogP contribution is -2.30. The SMILES string of the molecule is CCCNS(=O)(=O)c1ccc(NC(=O)C(C)Oc2ccccc2[N+](=O)[O-])cc1. The second-order valence-corrected chi connectivity index (χ2v) is 7.66. The van der Waals surface area contributed by atoms with E-state index in [1.165, 1.54) is 49.4 Å². The number of amides is 1. The van der Waals surface area contributed by atoms with E-state index in [1.807, 2.05) is 6.92 Å². The molecule has 2 aromatic rings. The molecule has 0 aromatic heterocycles. The summed E-state index contributed by atoms with van der Waals surface area (Å²) < 4.78 is 32.0. The van der Waals surface area contributed by atoms with Gasteiger partial charge in [-0.2, -0.15) is 0 Å². The Morgan fingerprint density at radius 1 is 1.18 bits per heavy atom. The second kappa shape index (κ2) is 9.29. The third-order valence-corrected chi connectivity index (χ3v) is 5.19. The summed E-state index contributed by atoms with van der Waals surface area (Å²) in [5.41, 5.74) is 0.133. The number of nitro groups is 1. The number of anilines is 1. The smallest absolute Gasteiger partial charge is 0.310 e. The van der Waals surface area contributed by atoms with Crippen LogP contribution in [0.15, 0.2) is 53.4 Å². The number of sulfonamides is 1. The topological polar surface area (TPSA) is 128 Å². The zero-order valence-corrected chi connectivity index (χ0v) is 16.2. The first-order valence-electron chi connectivity index (χ1n) is 8.55. The third kappa shape index (κ3) is 5.51. The number of nitro benzene ring substituents is 1. The molecule has 0 spiro atoms. The zero-order valence-electron chi connectivity index (χ0n) is 15.4. The van der Waals surface area contributed by atoms with Gasteiger partial charge >= 0.3 is 5.69 Å². The Morgan fingerprint density at radius 2 is 1.82 bits per heavy atom. The number of carbonyl (C=O) groups is 1. The van der Waals surface area contributed by atoms with Gasteiger partial charge in [0.2, 0.25) is 10.0 Å². The number of nitrogens with one attached hydrogen (secondary N) is 2. The van der Waals surface area contributed by atoms with Crippen LogP contribution in [0.4, 0.5) is 11.4 Å². The molecule has 2 aromatic carbocycles. The molecule has 150 valence electrons. The van der Waals surface area contributed by atoms with E-state index in [9.17, 15) is 23.3 Å². The van der Waals surface area contributed by atoms with Gasteiger partial charge in [-0.3, -0.25) is 14.9 Å². The Kier molecular flexibility index (Phi) is 7.07. The molecule has 0 radical (unpaired) electrons.